The van der Waals surface area contributed by atoms with Gasteiger partial charge in [0, 0.05) is 0 Å². The second kappa shape index (κ2) is 5.60. The average Bonchev–Trinajstić information content (AvgIpc) is 2.35. The molecule has 0 aromatic carbocycles. The molecule has 106 valence electrons. The van der Waals surface area contributed by atoms with Crippen LogP contribution in [-0.4, -0.2) is 33.8 Å². The Bertz CT molecular complexity index is 471. The van der Waals surface area contributed by atoms with Crippen LogP contribution in [0.4, 0.5) is 34.9 Å². The fraction of sp³-hybridized carbons (Fsp3) is 0.429. The van der Waals surface area contributed by atoms with Gasteiger partial charge in [0.1, 0.15) is 6.33 Å². The third-order valence-corrected chi connectivity index (χ3v) is 1.95. The van der Waals surface area contributed by atoms with Crippen molar-refractivity contribution in [1.82, 2.24) is 9.97 Å². The molecule has 1 aromatic rings. The van der Waals surface area contributed by atoms with Crippen molar-refractivity contribution in [2.24, 2.45) is 5.84 Å². The molecule has 12 heteroatoms. The van der Waals surface area contributed by atoms with Crippen LogP contribution in [0.5, 0.6) is 0 Å². The number of hydrogen-bond donors (Lipinski definition) is 3. The van der Waals surface area contributed by atoms with Gasteiger partial charge < -0.3 is 10.7 Å². The van der Waals surface area contributed by atoms with Crippen molar-refractivity contribution in [1.29, 1.82) is 0 Å². The van der Waals surface area contributed by atoms with E-state index in [0.717, 1.165) is 6.33 Å². The fourth-order valence-corrected chi connectivity index (χ4v) is 1.07. The molecule has 1 aromatic heterocycles. The molecule has 4 N–H and O–H groups in total. The number of aromatic nitrogens is 2. The van der Waals surface area contributed by atoms with E-state index in [1.54, 1.807) is 5.32 Å². The van der Waals surface area contributed by atoms with E-state index in [9.17, 15) is 27.7 Å². The molecule has 0 unspecified atom stereocenters. The van der Waals surface area contributed by atoms with E-state index in [-0.39, 0.29) is 0 Å². The number of nitrogen functional groups attached to an aromatic ring is 1. The lowest BCUT2D eigenvalue weighted by Crippen LogP contribution is -2.35. The van der Waals surface area contributed by atoms with Crippen LogP contribution < -0.4 is 16.6 Å². The zero-order chi connectivity index (χ0) is 14.6. The first-order valence-electron chi connectivity index (χ1n) is 4.65. The molecule has 0 saturated carbocycles. The molecule has 0 aliphatic heterocycles. The molecule has 0 radical (unpaired) electrons. The van der Waals surface area contributed by atoms with Crippen LogP contribution in [0.15, 0.2) is 6.33 Å². The third-order valence-electron chi connectivity index (χ3n) is 1.95. The van der Waals surface area contributed by atoms with E-state index in [0.29, 0.717) is 0 Å². The predicted molar refractivity (Wildman–Crippen MR) is 55.9 cm³/mol. The summed E-state index contributed by atoms with van der Waals surface area (Å²) < 4.78 is 49.2. The fourth-order valence-electron chi connectivity index (χ4n) is 1.07. The molecular weight excluding hydrogens is 276 g/mol. The monoisotopic (exact) mass is 284 g/mol. The molecule has 19 heavy (non-hydrogen) atoms. The molecule has 0 atom stereocenters. The average molecular weight is 284 g/mol. The van der Waals surface area contributed by atoms with Crippen LogP contribution in [0.2, 0.25) is 0 Å². The summed E-state index contributed by atoms with van der Waals surface area (Å²) in [4.78, 5) is 16.5. The van der Waals surface area contributed by atoms with Crippen LogP contribution in [0.1, 0.15) is 0 Å². The number of rotatable bonds is 6. The molecule has 0 saturated heterocycles. The van der Waals surface area contributed by atoms with Gasteiger partial charge in [-0.25, -0.2) is 24.6 Å². The summed E-state index contributed by atoms with van der Waals surface area (Å²) in [5.74, 6) is -0.492. The highest BCUT2D eigenvalue weighted by molar-refractivity contribution is 5.68. The number of alkyl halides is 4. The largest absolute Gasteiger partial charge is 0.358 e. The highest BCUT2D eigenvalue weighted by Gasteiger charge is 2.41. The maximum Gasteiger partial charge on any atom is 0.354 e. The minimum absolute atomic E-state index is 0.442. The van der Waals surface area contributed by atoms with Crippen molar-refractivity contribution >= 4 is 17.3 Å². The van der Waals surface area contributed by atoms with Gasteiger partial charge in [0.15, 0.2) is 0 Å². The molecular formula is C7H8F4N6O2. The number of nitro groups is 1. The van der Waals surface area contributed by atoms with E-state index in [1.807, 2.05) is 5.43 Å². The summed E-state index contributed by atoms with van der Waals surface area (Å²) in [6.07, 6.45) is -3.11. The molecule has 0 aliphatic carbocycles. The summed E-state index contributed by atoms with van der Waals surface area (Å²) in [6.45, 7) is -1.52. The Morgan fingerprint density at radius 1 is 1.42 bits per heavy atom. The van der Waals surface area contributed by atoms with Crippen LogP contribution in [-0.2, 0) is 0 Å². The van der Waals surface area contributed by atoms with Gasteiger partial charge >= 0.3 is 18.0 Å². The Labute approximate surface area is 103 Å². The van der Waals surface area contributed by atoms with Crippen LogP contribution >= 0.6 is 0 Å². The molecule has 0 bridgehead atoms. The van der Waals surface area contributed by atoms with Crippen molar-refractivity contribution < 1.29 is 22.5 Å². The lowest BCUT2D eigenvalue weighted by atomic mass is 10.3. The predicted octanol–water partition coefficient (Wildman–Crippen LogP) is 0.983. The van der Waals surface area contributed by atoms with Crippen LogP contribution in [0, 0.1) is 10.1 Å². The van der Waals surface area contributed by atoms with Gasteiger partial charge in [-0.05, 0) is 0 Å². The normalized spacial score (nSPS) is 11.5. The zero-order valence-corrected chi connectivity index (χ0v) is 9.11. The topological polar surface area (TPSA) is 119 Å². The summed E-state index contributed by atoms with van der Waals surface area (Å²) in [5, 5.41) is 12.5. The third kappa shape index (κ3) is 3.37. The number of halogens is 4. The van der Waals surface area contributed by atoms with Gasteiger partial charge in [-0.2, -0.15) is 8.78 Å². The Morgan fingerprint density at radius 2 is 2.00 bits per heavy atom. The van der Waals surface area contributed by atoms with Gasteiger partial charge in [-0.1, -0.05) is 0 Å². The van der Waals surface area contributed by atoms with Crippen molar-refractivity contribution in [3.63, 3.8) is 0 Å². The number of nitrogens with zero attached hydrogens (tertiary/aromatic N) is 3. The molecule has 0 aliphatic rings. The smallest absolute Gasteiger partial charge is 0.354 e. The molecule has 8 nitrogen and oxygen atoms in total. The van der Waals surface area contributed by atoms with Crippen LogP contribution in [0.25, 0.3) is 0 Å². The van der Waals surface area contributed by atoms with Crippen molar-refractivity contribution in [3.05, 3.63) is 16.4 Å². The molecule has 0 fully saturated rings. The number of nitrogens with two attached hydrogens (primary N) is 1. The van der Waals surface area contributed by atoms with E-state index in [1.165, 1.54) is 0 Å². The van der Waals surface area contributed by atoms with Crippen molar-refractivity contribution in [3.8, 4) is 0 Å². The summed E-state index contributed by atoms with van der Waals surface area (Å²) in [5.41, 5.74) is 1.04. The number of hydrazine groups is 1. The summed E-state index contributed by atoms with van der Waals surface area (Å²) in [7, 11) is 0. The maximum absolute atomic E-state index is 12.7. The van der Waals surface area contributed by atoms with Gasteiger partial charge in [0.05, 0.1) is 11.5 Å². The van der Waals surface area contributed by atoms with Crippen LogP contribution in [0.3, 0.4) is 0 Å². The van der Waals surface area contributed by atoms with E-state index < -0.39 is 41.1 Å². The first-order chi connectivity index (χ1) is 8.79. The van der Waals surface area contributed by atoms with Gasteiger partial charge in [0.25, 0.3) is 0 Å². The number of hydrogen-bond acceptors (Lipinski definition) is 7. The number of nitrogens with one attached hydrogen (secondary N) is 2. The van der Waals surface area contributed by atoms with E-state index in [2.05, 4.69) is 9.97 Å². The lowest BCUT2D eigenvalue weighted by Gasteiger charge is -2.16. The van der Waals surface area contributed by atoms with Gasteiger partial charge in [-0.3, -0.25) is 10.1 Å². The second-order valence-electron chi connectivity index (χ2n) is 3.24. The molecule has 0 amide bonds. The Morgan fingerprint density at radius 3 is 2.47 bits per heavy atom. The Balaban J connectivity index is 2.99. The first-order valence-corrected chi connectivity index (χ1v) is 4.65. The quantitative estimate of drug-likeness (QED) is 0.308. The lowest BCUT2D eigenvalue weighted by molar-refractivity contribution is -0.383. The molecule has 1 heterocycles. The Hall–Kier alpha value is -2.24. The second-order valence-corrected chi connectivity index (χ2v) is 3.24. The van der Waals surface area contributed by atoms with E-state index >= 15 is 0 Å². The maximum atomic E-state index is 12.7. The minimum Gasteiger partial charge on any atom is -0.358 e. The van der Waals surface area contributed by atoms with Gasteiger partial charge in [0.2, 0.25) is 11.6 Å². The highest BCUT2D eigenvalue weighted by Crippen LogP contribution is 2.30. The summed E-state index contributed by atoms with van der Waals surface area (Å²) in [6, 6.07) is 0. The molecule has 1 rings (SSSR count). The minimum atomic E-state index is -4.35. The first kappa shape index (κ1) is 14.8. The van der Waals surface area contributed by atoms with Crippen molar-refractivity contribution in [2.45, 2.75) is 12.3 Å². The SMILES string of the molecule is NNc1ncnc(NCC(F)(F)C(F)F)c1[N+](=O)[O-]. The van der Waals surface area contributed by atoms with E-state index in [4.69, 9.17) is 5.84 Å². The standard InChI is InChI=1S/C7H8F4N6O2/c8-6(9)7(10,11)1-13-4-3(17(18)19)5(16-12)15-2-14-4/h2,6H,1,12H2,(H2,13,14,15,16). The van der Waals surface area contributed by atoms with Crippen molar-refractivity contribution in [2.75, 3.05) is 17.3 Å². The highest BCUT2D eigenvalue weighted by atomic mass is 19.3. The summed E-state index contributed by atoms with van der Waals surface area (Å²) >= 11 is 0. The van der Waals surface area contributed by atoms with Gasteiger partial charge in [-0.15, -0.1) is 0 Å². The Kier molecular flexibility index (Phi) is 4.37. The molecule has 0 spiro atoms. The number of anilines is 2. The zero-order valence-electron chi connectivity index (χ0n) is 9.11.